The van der Waals surface area contributed by atoms with Crippen LogP contribution in [0, 0.1) is 6.92 Å². The van der Waals surface area contributed by atoms with Crippen LogP contribution in [-0.4, -0.2) is 31.6 Å². The third-order valence-corrected chi connectivity index (χ3v) is 5.38. The quantitative estimate of drug-likeness (QED) is 0.335. The number of rotatable bonds is 11. The highest BCUT2D eigenvalue weighted by atomic mass is 19.4. The van der Waals surface area contributed by atoms with Gasteiger partial charge in [0.15, 0.2) is 11.6 Å². The first-order valence-electron chi connectivity index (χ1n) is 11.2. The highest BCUT2D eigenvalue weighted by Gasteiger charge is 2.32. The Balaban J connectivity index is 1.72. The normalized spacial score (nSPS) is 12.4. The lowest BCUT2D eigenvalue weighted by Gasteiger charge is -2.20. The van der Waals surface area contributed by atoms with Gasteiger partial charge in [-0.2, -0.15) is 18.3 Å². The molecule has 0 spiro atoms. The van der Waals surface area contributed by atoms with Crippen molar-refractivity contribution < 1.29 is 32.6 Å². The summed E-state index contributed by atoms with van der Waals surface area (Å²) in [4.78, 5) is 27.1. The second-order valence-corrected chi connectivity index (χ2v) is 8.17. The minimum absolute atomic E-state index is 0.0492. The molecule has 0 amide bonds. The Kier molecular flexibility index (Phi) is 8.26. The van der Waals surface area contributed by atoms with E-state index < -0.39 is 17.7 Å². The summed E-state index contributed by atoms with van der Waals surface area (Å²) < 4.78 is 45.9. The van der Waals surface area contributed by atoms with Crippen LogP contribution >= 0.6 is 0 Å². The molecule has 0 saturated heterocycles. The molecule has 1 N–H and O–H groups in total. The number of carbonyl (C=O) groups is 2. The van der Waals surface area contributed by atoms with Gasteiger partial charge < -0.3 is 9.84 Å². The molecule has 35 heavy (non-hydrogen) atoms. The molecule has 1 unspecified atom stereocenters. The number of hydrogen-bond donors (Lipinski definition) is 1. The number of pyridine rings is 1. The smallest absolute Gasteiger partial charge is 0.419 e. The minimum Gasteiger partial charge on any atom is -0.484 e. The molecule has 1 aromatic carbocycles. The largest absolute Gasteiger partial charge is 0.484 e. The maximum Gasteiger partial charge on any atom is 0.419 e. The van der Waals surface area contributed by atoms with Crippen molar-refractivity contribution in [2.45, 2.75) is 58.2 Å². The first-order chi connectivity index (χ1) is 16.6. The van der Waals surface area contributed by atoms with Crippen molar-refractivity contribution in [3.8, 4) is 11.6 Å². The number of benzene rings is 1. The topological polar surface area (TPSA) is 94.3 Å². The lowest BCUT2D eigenvalue weighted by molar-refractivity contribution is -0.138. The van der Waals surface area contributed by atoms with Gasteiger partial charge in [0.2, 0.25) is 0 Å². The summed E-state index contributed by atoms with van der Waals surface area (Å²) in [5, 5.41) is 12.5. The number of halogens is 3. The van der Waals surface area contributed by atoms with E-state index in [0.717, 1.165) is 29.1 Å². The summed E-state index contributed by atoms with van der Waals surface area (Å²) in [6.07, 6.45) is 0.218. The summed E-state index contributed by atoms with van der Waals surface area (Å²) in [6, 6.07) is 8.71. The zero-order valence-corrected chi connectivity index (χ0v) is 19.4. The Labute approximate surface area is 200 Å². The molecule has 3 rings (SSSR count). The van der Waals surface area contributed by atoms with Crippen molar-refractivity contribution in [2.24, 2.45) is 0 Å². The minimum atomic E-state index is -4.48. The van der Waals surface area contributed by atoms with Gasteiger partial charge >= 0.3 is 12.1 Å². The zero-order valence-electron chi connectivity index (χ0n) is 19.4. The number of aromatic nitrogens is 3. The van der Waals surface area contributed by atoms with E-state index in [-0.39, 0.29) is 37.0 Å². The number of nitrogens with zero attached hydrogens (tertiary/aromatic N) is 3. The molecular weight excluding hydrogens is 463 g/mol. The Bertz CT molecular complexity index is 1170. The maximum absolute atomic E-state index is 12.9. The number of ether oxygens (including phenoxy) is 1. The number of carboxylic acid groups (broad SMARTS) is 1. The van der Waals surface area contributed by atoms with E-state index in [4.69, 9.17) is 9.84 Å². The number of carbonyl (C=O) groups excluding carboxylic acids is 1. The van der Waals surface area contributed by atoms with Crippen LogP contribution in [0.25, 0.3) is 5.82 Å². The SMILES string of the molecule is CCCC(Oc1cnc(-n2cc(C(F)(F)F)cn2)c(C)c1)c1ccc(C(=O)CCCC(=O)O)cc1. The van der Waals surface area contributed by atoms with Gasteiger partial charge in [0.25, 0.3) is 0 Å². The van der Waals surface area contributed by atoms with Gasteiger partial charge in [-0.1, -0.05) is 37.6 Å². The lowest BCUT2D eigenvalue weighted by Crippen LogP contribution is -2.10. The Morgan fingerprint density at radius 1 is 1.14 bits per heavy atom. The third-order valence-electron chi connectivity index (χ3n) is 5.38. The van der Waals surface area contributed by atoms with Gasteiger partial charge in [0.1, 0.15) is 11.9 Å². The van der Waals surface area contributed by atoms with Crippen molar-refractivity contribution in [3.63, 3.8) is 0 Å². The summed E-state index contributed by atoms with van der Waals surface area (Å²) in [7, 11) is 0. The molecule has 0 saturated carbocycles. The molecule has 3 aromatic rings. The van der Waals surface area contributed by atoms with Crippen LogP contribution in [0.15, 0.2) is 48.9 Å². The first kappa shape index (κ1) is 25.9. The molecule has 0 radical (unpaired) electrons. The van der Waals surface area contributed by atoms with E-state index in [1.165, 1.54) is 6.20 Å². The predicted molar refractivity (Wildman–Crippen MR) is 122 cm³/mol. The van der Waals surface area contributed by atoms with E-state index in [1.807, 2.05) is 19.1 Å². The van der Waals surface area contributed by atoms with Gasteiger partial charge in [-0.15, -0.1) is 0 Å². The summed E-state index contributed by atoms with van der Waals surface area (Å²) in [6.45, 7) is 3.73. The fourth-order valence-corrected chi connectivity index (χ4v) is 3.58. The number of aryl methyl sites for hydroxylation is 1. The van der Waals surface area contributed by atoms with Crippen molar-refractivity contribution in [1.82, 2.24) is 14.8 Å². The molecule has 2 heterocycles. The third kappa shape index (κ3) is 6.91. The van der Waals surface area contributed by atoms with Crippen LogP contribution in [0.1, 0.15) is 72.2 Å². The Hall–Kier alpha value is -3.69. The van der Waals surface area contributed by atoms with Crippen molar-refractivity contribution in [3.05, 3.63) is 71.2 Å². The van der Waals surface area contributed by atoms with E-state index >= 15 is 0 Å². The molecule has 1 atom stereocenters. The van der Waals surface area contributed by atoms with E-state index in [9.17, 15) is 22.8 Å². The van der Waals surface area contributed by atoms with Crippen LogP contribution < -0.4 is 4.74 Å². The van der Waals surface area contributed by atoms with Gasteiger partial charge in [-0.3, -0.25) is 9.59 Å². The number of alkyl halides is 3. The van der Waals surface area contributed by atoms with Crippen LogP contribution in [-0.2, 0) is 11.0 Å². The van der Waals surface area contributed by atoms with E-state index in [0.29, 0.717) is 23.3 Å². The van der Waals surface area contributed by atoms with Crippen LogP contribution in [0.4, 0.5) is 13.2 Å². The average Bonchev–Trinajstić information content (AvgIpc) is 3.29. The van der Waals surface area contributed by atoms with E-state index in [1.54, 1.807) is 25.1 Å². The summed E-state index contributed by atoms with van der Waals surface area (Å²) in [5.41, 5.74) is 1.11. The molecule has 0 bridgehead atoms. The molecule has 7 nitrogen and oxygen atoms in total. The highest BCUT2D eigenvalue weighted by Crippen LogP contribution is 2.30. The molecular formula is C25H26F3N3O4. The number of ketones is 1. The van der Waals surface area contributed by atoms with E-state index in [2.05, 4.69) is 10.1 Å². The zero-order chi connectivity index (χ0) is 25.6. The highest BCUT2D eigenvalue weighted by molar-refractivity contribution is 5.96. The standard InChI is InChI=1S/C25H26F3N3O4/c1-3-5-22(18-10-8-17(9-11-18)21(32)6-4-7-23(33)34)35-20-12-16(2)24(29-14-20)31-15-19(13-30-31)25(26,27)28/h8-15,22H,3-7H2,1-2H3,(H,33,34). The monoisotopic (exact) mass is 489 g/mol. The van der Waals surface area contributed by atoms with Gasteiger partial charge in [-0.25, -0.2) is 9.67 Å². The van der Waals surface area contributed by atoms with Crippen molar-refractivity contribution >= 4 is 11.8 Å². The Morgan fingerprint density at radius 3 is 2.43 bits per heavy atom. The van der Waals surface area contributed by atoms with Crippen LogP contribution in [0.5, 0.6) is 5.75 Å². The number of hydrogen-bond acceptors (Lipinski definition) is 5. The molecule has 186 valence electrons. The summed E-state index contributed by atoms with van der Waals surface area (Å²) >= 11 is 0. The number of Topliss-reactive ketones (excluding diaryl/α,β-unsaturated/α-hetero) is 1. The van der Waals surface area contributed by atoms with Crippen molar-refractivity contribution in [2.75, 3.05) is 0 Å². The first-order valence-corrected chi connectivity index (χ1v) is 11.2. The average molecular weight is 489 g/mol. The number of carboxylic acids is 1. The summed E-state index contributed by atoms with van der Waals surface area (Å²) in [5.74, 6) is -0.318. The lowest BCUT2D eigenvalue weighted by atomic mass is 10.00. The van der Waals surface area contributed by atoms with Gasteiger partial charge in [-0.05, 0) is 37.0 Å². The van der Waals surface area contributed by atoms with Gasteiger partial charge in [0.05, 0.1) is 18.0 Å². The molecule has 0 aliphatic rings. The maximum atomic E-state index is 12.9. The molecule has 10 heteroatoms. The molecule has 0 aliphatic heterocycles. The fourth-order valence-electron chi connectivity index (χ4n) is 3.58. The Morgan fingerprint density at radius 2 is 1.86 bits per heavy atom. The fraction of sp³-hybridized carbons (Fsp3) is 0.360. The second kappa shape index (κ2) is 11.2. The molecule has 0 fully saturated rings. The van der Waals surface area contributed by atoms with Crippen molar-refractivity contribution in [1.29, 1.82) is 0 Å². The second-order valence-electron chi connectivity index (χ2n) is 8.17. The van der Waals surface area contributed by atoms with Crippen LogP contribution in [0.3, 0.4) is 0 Å². The molecule has 0 aliphatic carbocycles. The number of aliphatic carboxylic acids is 1. The predicted octanol–water partition coefficient (Wildman–Crippen LogP) is 5.95. The molecule has 2 aromatic heterocycles. The van der Waals surface area contributed by atoms with Crippen LogP contribution in [0.2, 0.25) is 0 Å². The van der Waals surface area contributed by atoms with Gasteiger partial charge in [0, 0.05) is 24.6 Å².